The van der Waals surface area contributed by atoms with E-state index in [0.717, 1.165) is 45.0 Å². The number of hydrogen-bond acceptors (Lipinski definition) is 4. The maximum absolute atomic E-state index is 7.04. The number of para-hydroxylation sites is 1. The number of aryl methyl sites for hydroxylation is 2. The minimum Gasteiger partial charge on any atom is -0.457 e. The Kier molecular flexibility index (Phi) is 9.62. The standard InChI is InChI=1S/C55H56N4O/c1-35(2)45-18-11-12-19-46(45)38-28-42(58-34-57(51-26-36(3)37(4)27-52(51)58)41-17-15-16-39(30-41)54(5,6)7)32-44(29-38)60-43-22-23-48-47-20-13-14-21-49(47)59(50(48)33-43)53-31-40(24-25-56-53)55(8,9)10/h11-33,35H,34H2,1-10H3. The number of ether oxygens (including phenoxy) is 1. The van der Waals surface area contributed by atoms with Gasteiger partial charge in [0.25, 0.3) is 0 Å². The first-order valence-electron chi connectivity index (χ1n) is 21.3. The van der Waals surface area contributed by atoms with Crippen LogP contribution in [0.5, 0.6) is 11.5 Å². The normalized spacial score (nSPS) is 13.2. The van der Waals surface area contributed by atoms with E-state index in [1.165, 1.54) is 55.8 Å². The lowest BCUT2D eigenvalue weighted by molar-refractivity contribution is 0.483. The van der Waals surface area contributed by atoms with E-state index >= 15 is 0 Å². The van der Waals surface area contributed by atoms with Crippen molar-refractivity contribution in [3.63, 3.8) is 0 Å². The Labute approximate surface area is 355 Å². The summed E-state index contributed by atoms with van der Waals surface area (Å²) in [5.74, 6) is 2.81. The number of aromatic nitrogens is 2. The Morgan fingerprint density at radius 3 is 1.97 bits per heavy atom. The van der Waals surface area contributed by atoms with E-state index in [0.29, 0.717) is 12.6 Å². The van der Waals surface area contributed by atoms with Crippen molar-refractivity contribution in [2.75, 3.05) is 16.5 Å². The lowest BCUT2D eigenvalue weighted by Gasteiger charge is -2.26. The molecule has 0 spiro atoms. The Bertz CT molecular complexity index is 2920. The zero-order valence-corrected chi connectivity index (χ0v) is 36.8. The molecular formula is C55H56N4O. The molecule has 0 bridgehead atoms. The molecule has 0 N–H and O–H groups in total. The molecule has 3 heterocycles. The highest BCUT2D eigenvalue weighted by atomic mass is 16.5. The number of hydrogen-bond donors (Lipinski definition) is 0. The van der Waals surface area contributed by atoms with Gasteiger partial charge < -0.3 is 14.5 Å². The summed E-state index contributed by atoms with van der Waals surface area (Å²) in [7, 11) is 0. The van der Waals surface area contributed by atoms with Crippen molar-refractivity contribution in [2.24, 2.45) is 0 Å². The van der Waals surface area contributed by atoms with Crippen molar-refractivity contribution in [3.05, 3.63) is 167 Å². The molecule has 0 amide bonds. The minimum absolute atomic E-state index is 0.0114. The van der Waals surface area contributed by atoms with Gasteiger partial charge in [-0.1, -0.05) is 110 Å². The molecule has 1 aliphatic rings. The van der Waals surface area contributed by atoms with Crippen molar-refractivity contribution < 1.29 is 4.74 Å². The maximum atomic E-state index is 7.04. The van der Waals surface area contributed by atoms with Gasteiger partial charge in [-0.2, -0.15) is 0 Å². The fraction of sp³-hybridized carbons (Fsp3) is 0.255. The summed E-state index contributed by atoms with van der Waals surface area (Å²) in [6.07, 6.45) is 1.93. The number of pyridine rings is 1. The smallest absolute Gasteiger partial charge is 0.137 e. The first-order valence-corrected chi connectivity index (χ1v) is 21.3. The Morgan fingerprint density at radius 1 is 0.567 bits per heavy atom. The molecule has 302 valence electrons. The van der Waals surface area contributed by atoms with Crippen LogP contribution in [0, 0.1) is 13.8 Å². The molecular weight excluding hydrogens is 733 g/mol. The van der Waals surface area contributed by atoms with E-state index in [1.807, 2.05) is 6.20 Å². The lowest BCUT2D eigenvalue weighted by Crippen LogP contribution is -2.24. The summed E-state index contributed by atoms with van der Waals surface area (Å²) in [5.41, 5.74) is 15.6. The zero-order chi connectivity index (χ0) is 42.1. The van der Waals surface area contributed by atoms with Crippen molar-refractivity contribution in [1.82, 2.24) is 9.55 Å². The molecule has 8 aromatic rings. The first-order chi connectivity index (χ1) is 28.6. The lowest BCUT2D eigenvalue weighted by atomic mass is 9.87. The van der Waals surface area contributed by atoms with Crippen LogP contribution in [-0.4, -0.2) is 16.2 Å². The van der Waals surface area contributed by atoms with E-state index < -0.39 is 0 Å². The van der Waals surface area contributed by atoms with Crippen molar-refractivity contribution in [3.8, 4) is 28.4 Å². The fourth-order valence-corrected chi connectivity index (χ4v) is 8.71. The zero-order valence-electron chi connectivity index (χ0n) is 36.8. The number of rotatable bonds is 7. The molecule has 0 unspecified atom stereocenters. The summed E-state index contributed by atoms with van der Waals surface area (Å²) in [6.45, 7) is 23.2. The van der Waals surface area contributed by atoms with Crippen LogP contribution in [0.15, 0.2) is 140 Å². The molecule has 5 heteroatoms. The SMILES string of the molecule is Cc1cc2c(cc1C)N(c1cccc(C(C)(C)C)c1)CN2c1cc(Oc2ccc3c4ccccc4n(-c4cc(C(C)(C)C)ccn4)c3c2)cc(-c2ccccc2C(C)C)c1. The Hall–Kier alpha value is -6.33. The highest BCUT2D eigenvalue weighted by Gasteiger charge is 2.31. The molecule has 0 saturated heterocycles. The van der Waals surface area contributed by atoms with E-state index in [-0.39, 0.29) is 10.8 Å². The molecule has 2 aromatic heterocycles. The van der Waals surface area contributed by atoms with Crippen LogP contribution < -0.4 is 14.5 Å². The third-order valence-corrected chi connectivity index (χ3v) is 12.3. The van der Waals surface area contributed by atoms with Crippen LogP contribution in [0.1, 0.15) is 89.1 Å². The van der Waals surface area contributed by atoms with Crippen LogP contribution in [0.2, 0.25) is 0 Å². The molecule has 0 fully saturated rings. The molecule has 0 atom stereocenters. The quantitative estimate of drug-likeness (QED) is 0.161. The van der Waals surface area contributed by atoms with Crippen molar-refractivity contribution >= 4 is 44.6 Å². The Balaban J connectivity index is 1.19. The minimum atomic E-state index is -0.0114. The average molecular weight is 789 g/mol. The third-order valence-electron chi connectivity index (χ3n) is 12.3. The van der Waals surface area contributed by atoms with Crippen LogP contribution in [0.25, 0.3) is 38.8 Å². The van der Waals surface area contributed by atoms with Gasteiger partial charge >= 0.3 is 0 Å². The average Bonchev–Trinajstić information content (AvgIpc) is 3.75. The van der Waals surface area contributed by atoms with Gasteiger partial charge in [-0.05, 0) is 136 Å². The van der Waals surface area contributed by atoms with Gasteiger partial charge in [0.2, 0.25) is 0 Å². The van der Waals surface area contributed by atoms with Gasteiger partial charge in [0.15, 0.2) is 0 Å². The second-order valence-electron chi connectivity index (χ2n) is 19.0. The number of fused-ring (bicyclic) bond motifs is 4. The van der Waals surface area contributed by atoms with Gasteiger partial charge in [0.1, 0.15) is 24.0 Å². The molecule has 9 rings (SSSR count). The molecule has 0 aliphatic carbocycles. The van der Waals surface area contributed by atoms with Crippen molar-refractivity contribution in [2.45, 2.75) is 86.0 Å². The second-order valence-corrected chi connectivity index (χ2v) is 19.0. The highest BCUT2D eigenvalue weighted by Crippen LogP contribution is 2.48. The predicted molar refractivity (Wildman–Crippen MR) is 254 cm³/mol. The fourth-order valence-electron chi connectivity index (χ4n) is 8.71. The number of benzene rings is 6. The second kappa shape index (κ2) is 14.7. The summed E-state index contributed by atoms with van der Waals surface area (Å²) in [4.78, 5) is 9.83. The summed E-state index contributed by atoms with van der Waals surface area (Å²) >= 11 is 0. The van der Waals surface area contributed by atoms with E-state index in [9.17, 15) is 0 Å². The van der Waals surface area contributed by atoms with Gasteiger partial charge in [-0.25, -0.2) is 4.98 Å². The summed E-state index contributed by atoms with van der Waals surface area (Å²) in [6, 6.07) is 48.7. The number of nitrogens with zero attached hydrogens (tertiary/aromatic N) is 4. The van der Waals surface area contributed by atoms with Crippen molar-refractivity contribution in [1.29, 1.82) is 0 Å². The monoisotopic (exact) mass is 788 g/mol. The Morgan fingerprint density at radius 2 is 1.23 bits per heavy atom. The molecule has 6 aromatic carbocycles. The van der Waals surface area contributed by atoms with Crippen LogP contribution in [-0.2, 0) is 10.8 Å². The maximum Gasteiger partial charge on any atom is 0.137 e. The van der Waals surface area contributed by atoms with E-state index in [2.05, 4.69) is 217 Å². The number of anilines is 4. The third kappa shape index (κ3) is 7.10. The van der Waals surface area contributed by atoms with Gasteiger partial charge in [-0.3, -0.25) is 4.57 Å². The van der Waals surface area contributed by atoms with E-state index in [4.69, 9.17) is 9.72 Å². The largest absolute Gasteiger partial charge is 0.457 e. The molecule has 60 heavy (non-hydrogen) atoms. The first kappa shape index (κ1) is 39.1. The topological polar surface area (TPSA) is 33.5 Å². The summed E-state index contributed by atoms with van der Waals surface area (Å²) in [5, 5.41) is 2.35. The molecule has 0 radical (unpaired) electrons. The molecule has 0 saturated carbocycles. The van der Waals surface area contributed by atoms with E-state index in [1.54, 1.807) is 0 Å². The molecule has 1 aliphatic heterocycles. The van der Waals surface area contributed by atoms with Gasteiger partial charge in [0, 0.05) is 40.5 Å². The van der Waals surface area contributed by atoms with Crippen LogP contribution in [0.4, 0.5) is 22.7 Å². The summed E-state index contributed by atoms with van der Waals surface area (Å²) < 4.78 is 9.32. The highest BCUT2D eigenvalue weighted by molar-refractivity contribution is 6.09. The van der Waals surface area contributed by atoms with Crippen LogP contribution in [0.3, 0.4) is 0 Å². The van der Waals surface area contributed by atoms with Gasteiger partial charge in [0.05, 0.1) is 22.4 Å². The van der Waals surface area contributed by atoms with Crippen LogP contribution >= 0.6 is 0 Å². The van der Waals surface area contributed by atoms with Gasteiger partial charge in [-0.15, -0.1) is 0 Å². The predicted octanol–water partition coefficient (Wildman–Crippen LogP) is 15.2. The molecule has 5 nitrogen and oxygen atoms in total.